The van der Waals surface area contributed by atoms with Crippen LogP contribution in [0.3, 0.4) is 0 Å². The van der Waals surface area contributed by atoms with Crippen LogP contribution in [0.2, 0.25) is 0 Å². The second-order valence-corrected chi connectivity index (χ2v) is 8.06. The van der Waals surface area contributed by atoms with Gasteiger partial charge in [0, 0.05) is 53.6 Å². The Labute approximate surface area is 190 Å². The summed E-state index contributed by atoms with van der Waals surface area (Å²) >= 11 is 0. The number of anilines is 1. The highest BCUT2D eigenvalue weighted by Gasteiger charge is 2.22. The molecule has 1 aliphatic rings. The van der Waals surface area contributed by atoms with Gasteiger partial charge in [-0.25, -0.2) is 29.3 Å². The molecule has 0 saturated heterocycles. The molecule has 2 atom stereocenters. The average Bonchev–Trinajstić information content (AvgIpc) is 3.27. The van der Waals surface area contributed by atoms with E-state index >= 15 is 0 Å². The van der Waals surface area contributed by atoms with Crippen LogP contribution in [0, 0.1) is 11.7 Å². The van der Waals surface area contributed by atoms with E-state index in [-0.39, 0.29) is 6.04 Å². The molecule has 166 valence electrons. The Balaban J connectivity index is 1.37. The Morgan fingerprint density at radius 3 is 2.94 bits per heavy atom. The predicted molar refractivity (Wildman–Crippen MR) is 127 cm³/mol. The van der Waals surface area contributed by atoms with E-state index in [4.69, 9.17) is 4.98 Å². The van der Waals surface area contributed by atoms with Gasteiger partial charge in [-0.15, -0.1) is 0 Å². The standard InChI is InChI=1S/C24H23FN8/c1-2-16-11-29-24(20-13-31-23-19(20)9-17(25)12-30-23)33-22(16)32-18-5-3-4-15(8-18)10-28-21-14-26-6-7-27-21/h2,6-7,9-15,18H,1,3-5,8H2,(H,30,31)(H,29,32,33). The molecule has 0 aliphatic heterocycles. The molecular formula is C24H23FN8. The highest BCUT2D eigenvalue weighted by Crippen LogP contribution is 2.30. The number of fused-ring (bicyclic) bond motifs is 1. The summed E-state index contributed by atoms with van der Waals surface area (Å²) in [5.41, 5.74) is 2.11. The molecule has 0 bridgehead atoms. The second kappa shape index (κ2) is 9.23. The van der Waals surface area contributed by atoms with Gasteiger partial charge in [-0.3, -0.25) is 4.98 Å². The molecule has 4 heterocycles. The van der Waals surface area contributed by atoms with Crippen molar-refractivity contribution in [3.63, 3.8) is 0 Å². The lowest BCUT2D eigenvalue weighted by Crippen LogP contribution is -2.28. The van der Waals surface area contributed by atoms with Crippen molar-refractivity contribution >= 4 is 35.0 Å². The number of nitrogens with one attached hydrogen (secondary N) is 2. The number of pyridine rings is 1. The van der Waals surface area contributed by atoms with Crippen LogP contribution < -0.4 is 5.32 Å². The van der Waals surface area contributed by atoms with Gasteiger partial charge >= 0.3 is 0 Å². The smallest absolute Gasteiger partial charge is 0.170 e. The number of aromatic amines is 1. The lowest BCUT2D eigenvalue weighted by molar-refractivity contribution is 0.410. The van der Waals surface area contributed by atoms with Crippen molar-refractivity contribution in [2.24, 2.45) is 10.9 Å². The van der Waals surface area contributed by atoms with Gasteiger partial charge in [-0.05, 0) is 31.2 Å². The number of aromatic nitrogens is 6. The Morgan fingerprint density at radius 2 is 2.09 bits per heavy atom. The molecule has 0 spiro atoms. The summed E-state index contributed by atoms with van der Waals surface area (Å²) in [7, 11) is 0. The van der Waals surface area contributed by atoms with Crippen molar-refractivity contribution in [3.05, 3.63) is 61.2 Å². The molecule has 9 heteroatoms. The molecular weight excluding hydrogens is 419 g/mol. The fraction of sp³-hybridized carbons (Fsp3) is 0.250. The summed E-state index contributed by atoms with van der Waals surface area (Å²) in [6.07, 6.45) is 17.4. The monoisotopic (exact) mass is 442 g/mol. The van der Waals surface area contributed by atoms with Gasteiger partial charge in [0.15, 0.2) is 11.6 Å². The van der Waals surface area contributed by atoms with Crippen LogP contribution in [0.25, 0.3) is 28.5 Å². The highest BCUT2D eigenvalue weighted by atomic mass is 19.1. The average molecular weight is 443 g/mol. The number of hydrogen-bond acceptors (Lipinski definition) is 7. The summed E-state index contributed by atoms with van der Waals surface area (Å²) in [5, 5.41) is 4.22. The number of halogens is 1. The minimum absolute atomic E-state index is 0.237. The van der Waals surface area contributed by atoms with E-state index in [9.17, 15) is 4.39 Å². The Hall–Kier alpha value is -4.01. The maximum absolute atomic E-state index is 13.8. The minimum atomic E-state index is -0.402. The lowest BCUT2D eigenvalue weighted by atomic mass is 9.86. The van der Waals surface area contributed by atoms with E-state index in [1.165, 1.54) is 12.3 Å². The Morgan fingerprint density at radius 1 is 1.15 bits per heavy atom. The van der Waals surface area contributed by atoms with Crippen LogP contribution in [0.15, 0.2) is 54.8 Å². The summed E-state index contributed by atoms with van der Waals surface area (Å²) in [4.78, 5) is 29.1. The molecule has 8 nitrogen and oxygen atoms in total. The number of H-pyrrole nitrogens is 1. The molecule has 4 aromatic rings. The third-order valence-electron chi connectivity index (χ3n) is 5.80. The zero-order chi connectivity index (χ0) is 22.6. The van der Waals surface area contributed by atoms with Crippen LogP contribution in [0.5, 0.6) is 0 Å². The van der Waals surface area contributed by atoms with Gasteiger partial charge in [0.1, 0.15) is 17.3 Å². The van der Waals surface area contributed by atoms with Crippen molar-refractivity contribution < 1.29 is 4.39 Å². The van der Waals surface area contributed by atoms with Gasteiger partial charge in [0.25, 0.3) is 0 Å². The lowest BCUT2D eigenvalue weighted by Gasteiger charge is -2.28. The van der Waals surface area contributed by atoms with E-state index in [1.807, 2.05) is 6.21 Å². The molecule has 1 fully saturated rings. The zero-order valence-corrected chi connectivity index (χ0v) is 17.9. The first kappa shape index (κ1) is 20.9. The zero-order valence-electron chi connectivity index (χ0n) is 17.9. The highest BCUT2D eigenvalue weighted by molar-refractivity contribution is 5.91. The molecule has 33 heavy (non-hydrogen) atoms. The molecule has 4 aromatic heterocycles. The minimum Gasteiger partial charge on any atom is -0.367 e. The van der Waals surface area contributed by atoms with E-state index in [0.717, 1.165) is 31.2 Å². The number of rotatable bonds is 6. The van der Waals surface area contributed by atoms with Gasteiger partial charge in [-0.1, -0.05) is 19.1 Å². The van der Waals surface area contributed by atoms with E-state index < -0.39 is 5.82 Å². The molecule has 2 N–H and O–H groups in total. The van der Waals surface area contributed by atoms with Crippen LogP contribution in [-0.4, -0.2) is 42.2 Å². The van der Waals surface area contributed by atoms with Crippen molar-refractivity contribution in [1.29, 1.82) is 0 Å². The van der Waals surface area contributed by atoms with Gasteiger partial charge in [0.05, 0.1) is 12.4 Å². The first-order valence-corrected chi connectivity index (χ1v) is 10.9. The summed E-state index contributed by atoms with van der Waals surface area (Å²) in [6, 6.07) is 1.68. The van der Waals surface area contributed by atoms with Crippen LogP contribution in [0.4, 0.5) is 16.0 Å². The maximum atomic E-state index is 13.8. The van der Waals surface area contributed by atoms with Crippen molar-refractivity contribution in [2.45, 2.75) is 31.7 Å². The SMILES string of the molecule is C=Cc1cnc(-c2c[nH]c3ncc(F)cc23)nc1NC1CCCC(C=Nc2cnccn2)C1. The van der Waals surface area contributed by atoms with Crippen molar-refractivity contribution in [2.75, 3.05) is 5.32 Å². The van der Waals surface area contributed by atoms with Gasteiger partial charge in [-0.2, -0.15) is 0 Å². The van der Waals surface area contributed by atoms with E-state index in [2.05, 4.69) is 41.8 Å². The van der Waals surface area contributed by atoms with Gasteiger partial charge < -0.3 is 10.3 Å². The Kier molecular flexibility index (Phi) is 5.84. The summed E-state index contributed by atoms with van der Waals surface area (Å²) in [6.45, 7) is 3.90. The first-order chi connectivity index (χ1) is 16.2. The molecule has 1 aliphatic carbocycles. The number of nitrogens with zero attached hydrogens (tertiary/aromatic N) is 6. The quantitative estimate of drug-likeness (QED) is 0.409. The van der Waals surface area contributed by atoms with Gasteiger partial charge in [0.2, 0.25) is 0 Å². The third-order valence-corrected chi connectivity index (χ3v) is 5.80. The number of aliphatic imine (C=N–C) groups is 1. The van der Waals surface area contributed by atoms with Crippen LogP contribution >= 0.6 is 0 Å². The fourth-order valence-corrected chi connectivity index (χ4v) is 4.18. The molecule has 5 rings (SSSR count). The molecule has 1 saturated carbocycles. The normalized spacial score (nSPS) is 18.6. The van der Waals surface area contributed by atoms with E-state index in [1.54, 1.807) is 37.1 Å². The van der Waals surface area contributed by atoms with Crippen LogP contribution in [-0.2, 0) is 0 Å². The first-order valence-electron chi connectivity index (χ1n) is 10.9. The summed E-state index contributed by atoms with van der Waals surface area (Å²) < 4.78 is 13.8. The second-order valence-electron chi connectivity index (χ2n) is 8.06. The summed E-state index contributed by atoms with van der Waals surface area (Å²) in [5.74, 6) is 1.77. The Bertz CT molecular complexity index is 1300. The van der Waals surface area contributed by atoms with Crippen LogP contribution in [0.1, 0.15) is 31.2 Å². The van der Waals surface area contributed by atoms with Crippen molar-refractivity contribution in [3.8, 4) is 11.4 Å². The fourth-order valence-electron chi connectivity index (χ4n) is 4.18. The topological polar surface area (TPSA) is 105 Å². The van der Waals surface area contributed by atoms with E-state index in [0.29, 0.717) is 40.0 Å². The molecule has 0 aromatic carbocycles. The van der Waals surface area contributed by atoms with Crippen molar-refractivity contribution in [1.82, 2.24) is 29.9 Å². The molecule has 0 amide bonds. The third kappa shape index (κ3) is 4.62. The number of hydrogen-bond donors (Lipinski definition) is 2. The predicted octanol–water partition coefficient (Wildman–Crippen LogP) is 4.97. The maximum Gasteiger partial charge on any atom is 0.170 e. The largest absolute Gasteiger partial charge is 0.367 e. The molecule has 2 unspecified atom stereocenters. The molecule has 0 radical (unpaired) electrons.